The van der Waals surface area contributed by atoms with Gasteiger partial charge in [0.15, 0.2) is 5.96 Å². The minimum absolute atomic E-state index is 0.0478. The first-order chi connectivity index (χ1) is 31.3. The fourth-order valence-corrected chi connectivity index (χ4v) is 13.1. The van der Waals surface area contributed by atoms with Gasteiger partial charge >= 0.3 is 5.97 Å². The highest BCUT2D eigenvalue weighted by Crippen LogP contribution is 2.57. The molecule has 8 rings (SSSR count). The highest BCUT2D eigenvalue weighted by Gasteiger charge is 2.67. The Hall–Kier alpha value is -4.60. The summed E-state index contributed by atoms with van der Waals surface area (Å²) in [6.45, 7) is 0.0583. The number of aliphatic carboxylic acids is 1. The van der Waals surface area contributed by atoms with Crippen LogP contribution in [0.3, 0.4) is 0 Å². The largest absolute Gasteiger partial charge is 0.478 e. The van der Waals surface area contributed by atoms with E-state index in [2.05, 4.69) is 39.9 Å². The molecule has 0 amide bonds. The van der Waals surface area contributed by atoms with E-state index >= 15 is 0 Å². The molecule has 1 aliphatic heterocycles. The lowest BCUT2D eigenvalue weighted by Gasteiger charge is -2.58. The van der Waals surface area contributed by atoms with Crippen molar-refractivity contribution in [1.82, 2.24) is 10.3 Å². The van der Waals surface area contributed by atoms with Gasteiger partial charge in [0.1, 0.15) is 30.1 Å². The Bertz CT molecular complexity index is 2210. The van der Waals surface area contributed by atoms with Gasteiger partial charge in [-0.3, -0.25) is 0 Å². The molecule has 3 aromatic rings. The molecule has 2 aromatic carbocycles. The number of nitrogens with two attached hydrogens (primary N) is 2. The number of nitrogens with zero attached hydrogens (tertiary/aromatic N) is 1. The first kappa shape index (κ1) is 46.9. The Morgan fingerprint density at radius 2 is 1.86 bits per heavy atom. The molecule has 4 aliphatic carbocycles. The number of carboxylic acids is 1. The Morgan fingerprint density at radius 3 is 2.62 bits per heavy atom. The number of rotatable bonds is 20. The van der Waals surface area contributed by atoms with Crippen LogP contribution in [-0.4, -0.2) is 103 Å². The number of aliphatic imine (C=N–C) groups is 1. The maximum atomic E-state index is 13.0. The van der Waals surface area contributed by atoms with Gasteiger partial charge in [0.25, 0.3) is 0 Å². The van der Waals surface area contributed by atoms with E-state index in [9.17, 15) is 39.9 Å². The summed E-state index contributed by atoms with van der Waals surface area (Å²) in [6, 6.07) is 12.4. The van der Waals surface area contributed by atoms with Gasteiger partial charge in [-0.25, -0.2) is 9.79 Å². The van der Waals surface area contributed by atoms with Crippen molar-refractivity contribution in [2.75, 3.05) is 11.9 Å². The van der Waals surface area contributed by atoms with Crippen molar-refractivity contribution in [3.63, 3.8) is 0 Å². The zero-order chi connectivity index (χ0) is 45.9. The van der Waals surface area contributed by atoms with E-state index in [0.29, 0.717) is 75.6 Å². The molecule has 14 nitrogen and oxygen atoms in total. The quantitative estimate of drug-likeness (QED) is 0.0531. The summed E-state index contributed by atoms with van der Waals surface area (Å²) in [7, 11) is 0. The highest BCUT2D eigenvalue weighted by atomic mass is 16.4. The van der Waals surface area contributed by atoms with Crippen LogP contribution in [0.4, 0.5) is 5.82 Å². The maximum Gasteiger partial charge on any atom is 0.328 e. The van der Waals surface area contributed by atoms with Crippen molar-refractivity contribution in [2.24, 2.45) is 46.0 Å². The lowest BCUT2D eigenvalue weighted by Crippen LogP contribution is -2.75. The number of aromatic nitrogens is 1. The zero-order valence-electron chi connectivity index (χ0n) is 37.5. The van der Waals surface area contributed by atoms with Crippen LogP contribution in [0.25, 0.3) is 10.8 Å². The number of benzene rings is 2. The normalized spacial score (nSPS) is 32.1. The van der Waals surface area contributed by atoms with Gasteiger partial charge in [0, 0.05) is 43.2 Å². The summed E-state index contributed by atoms with van der Waals surface area (Å²) in [6.07, 6.45) is 14.8. The number of guanidine groups is 1. The van der Waals surface area contributed by atoms with E-state index in [1.165, 1.54) is 17.2 Å². The minimum atomic E-state index is -1.76. The van der Waals surface area contributed by atoms with Gasteiger partial charge in [0.2, 0.25) is 0 Å². The second-order valence-electron chi connectivity index (χ2n) is 20.3. The van der Waals surface area contributed by atoms with Crippen LogP contribution in [0.5, 0.6) is 0 Å². The molecule has 352 valence electrons. The molecule has 0 saturated heterocycles. The average molecular weight is 895 g/mol. The fourth-order valence-electron chi connectivity index (χ4n) is 13.1. The number of anilines is 1. The molecule has 12 N–H and O–H groups in total. The van der Waals surface area contributed by atoms with E-state index in [1.807, 2.05) is 24.4 Å². The number of nitrogens with one attached hydrogen (secondary N) is 3. The van der Waals surface area contributed by atoms with E-state index in [1.54, 1.807) is 0 Å². The number of hydrogen-bond donors (Lipinski definition) is 10. The smallest absolute Gasteiger partial charge is 0.328 e. The molecule has 0 radical (unpaired) electrons. The Kier molecular flexibility index (Phi) is 14.5. The van der Waals surface area contributed by atoms with Gasteiger partial charge in [-0.1, -0.05) is 36.8 Å². The standard InChI is InChI=1S/C51H70N6O8/c52-38(15-10-32(29-60)4-3-20-58)5-1-6-39-35(13-12-34-23-33-11-8-30(17-21-59)22-36(33)24-40(34)39)25-43(55-44-7-2-19-54-44)41(27-45(61)62)46-42-26-37-14-9-31-16-18-50(64,28-31)51(37,65)48(63)47(42)57-49(53)56-46/h2,7-8,11,19,21-24,27,29,31-32,35,37-39,42-43,46-48,54-55,58,63-65H,1,3-6,9-10,12-18,20,25-26,28,52H2,(H,61,62)(H3,53,56,57). The first-order valence-corrected chi connectivity index (χ1v) is 24.2. The number of carbonyl (C=O) groups excluding carboxylic acids is 2. The van der Waals surface area contributed by atoms with E-state index < -0.39 is 53.2 Å². The van der Waals surface area contributed by atoms with Crippen molar-refractivity contribution in [1.29, 1.82) is 0 Å². The lowest BCUT2D eigenvalue weighted by molar-refractivity contribution is -0.252. The Morgan fingerprint density at radius 1 is 1.02 bits per heavy atom. The fraction of sp³-hybridized carbons (Fsp3) is 0.608. The van der Waals surface area contributed by atoms with Crippen LogP contribution >= 0.6 is 0 Å². The first-order valence-electron chi connectivity index (χ1n) is 24.2. The minimum Gasteiger partial charge on any atom is -0.478 e. The summed E-state index contributed by atoms with van der Waals surface area (Å²) in [4.78, 5) is 44.5. The van der Waals surface area contributed by atoms with Gasteiger partial charge in [0.05, 0.1) is 23.7 Å². The molecule has 2 bridgehead atoms. The molecule has 13 unspecified atom stereocenters. The molecule has 65 heavy (non-hydrogen) atoms. The molecule has 3 fully saturated rings. The molecular formula is C51H70N6O8. The second kappa shape index (κ2) is 20.1. The molecule has 2 heterocycles. The van der Waals surface area contributed by atoms with Crippen LogP contribution in [0.15, 0.2) is 65.3 Å². The number of aromatic amines is 1. The van der Waals surface area contributed by atoms with Gasteiger partial charge in [-0.2, -0.15) is 0 Å². The number of fused-ring (bicyclic) bond motifs is 7. The van der Waals surface area contributed by atoms with Crippen molar-refractivity contribution < 1.29 is 39.9 Å². The third-order valence-electron chi connectivity index (χ3n) is 16.3. The number of carbonyl (C=O) groups is 3. The number of hydrogen-bond acceptors (Lipinski definition) is 12. The summed E-state index contributed by atoms with van der Waals surface area (Å²) in [5.74, 6) is -0.899. The molecule has 13 atom stereocenters. The van der Waals surface area contributed by atoms with Gasteiger partial charge in [-0.15, -0.1) is 0 Å². The third kappa shape index (κ3) is 9.79. The highest BCUT2D eigenvalue weighted by molar-refractivity contribution is 5.86. The number of aldehydes is 2. The predicted octanol–water partition coefficient (Wildman–Crippen LogP) is 5.01. The van der Waals surface area contributed by atoms with E-state index in [-0.39, 0.29) is 42.3 Å². The second-order valence-corrected chi connectivity index (χ2v) is 20.3. The molecule has 3 saturated carbocycles. The zero-order valence-corrected chi connectivity index (χ0v) is 37.5. The Labute approximate surface area is 381 Å². The van der Waals surface area contributed by atoms with Crippen LogP contribution < -0.4 is 22.1 Å². The molecule has 0 spiro atoms. The third-order valence-corrected chi connectivity index (χ3v) is 16.3. The number of aliphatic hydroxyl groups is 4. The number of aryl methyl sites for hydroxylation is 1. The average Bonchev–Trinajstić information content (AvgIpc) is 3.94. The summed E-state index contributed by atoms with van der Waals surface area (Å²) in [5.41, 5.74) is 14.1. The van der Waals surface area contributed by atoms with Gasteiger partial charge < -0.3 is 62.2 Å². The Balaban J connectivity index is 1.12. The van der Waals surface area contributed by atoms with Crippen molar-refractivity contribution in [3.05, 3.63) is 77.0 Å². The molecular weight excluding hydrogens is 825 g/mol. The topological polar surface area (TPSA) is 257 Å². The summed E-state index contributed by atoms with van der Waals surface area (Å²) in [5, 5.41) is 65.8. The monoisotopic (exact) mass is 895 g/mol. The summed E-state index contributed by atoms with van der Waals surface area (Å²) >= 11 is 0. The van der Waals surface area contributed by atoms with Crippen molar-refractivity contribution >= 4 is 41.1 Å². The SMILES string of the molecule is NC1=NC(C(=CC(=O)O)C(CC2CCc3cc4ccc(CC=O)cc4cc3C2CCCC(N)CCC(C=O)CCCO)Nc2ccc[nH]2)C2CC3CCC4CCC(O)(C4)C3(O)C(O)C2N1. The summed E-state index contributed by atoms with van der Waals surface area (Å²) < 4.78 is 0. The maximum absolute atomic E-state index is 13.0. The number of aliphatic hydroxyl groups excluding tert-OH is 2. The molecule has 14 heteroatoms. The van der Waals surface area contributed by atoms with Crippen LogP contribution in [0.1, 0.15) is 119 Å². The van der Waals surface area contributed by atoms with Crippen LogP contribution in [0, 0.1) is 29.6 Å². The van der Waals surface area contributed by atoms with Crippen LogP contribution in [-0.2, 0) is 27.2 Å². The molecule has 1 aromatic heterocycles. The van der Waals surface area contributed by atoms with Crippen molar-refractivity contribution in [2.45, 2.75) is 157 Å². The van der Waals surface area contributed by atoms with E-state index in [0.717, 1.165) is 73.9 Å². The van der Waals surface area contributed by atoms with Crippen LogP contribution in [0.2, 0.25) is 0 Å². The number of carboxylic acid groups (broad SMARTS) is 1. The number of H-pyrrole nitrogens is 1. The predicted molar refractivity (Wildman–Crippen MR) is 250 cm³/mol. The van der Waals surface area contributed by atoms with Gasteiger partial charge in [-0.05, 0) is 165 Å². The molecule has 5 aliphatic rings. The van der Waals surface area contributed by atoms with E-state index in [4.69, 9.17) is 16.5 Å². The van der Waals surface area contributed by atoms with Crippen molar-refractivity contribution in [3.8, 4) is 0 Å². The lowest BCUT2D eigenvalue weighted by atomic mass is 9.57.